The first-order valence-electron chi connectivity index (χ1n) is 8.92. The first-order chi connectivity index (χ1) is 11.8. The summed E-state index contributed by atoms with van der Waals surface area (Å²) in [5.74, 6) is 0. The van der Waals surface area contributed by atoms with Crippen LogP contribution in [-0.4, -0.2) is 4.57 Å². The van der Waals surface area contributed by atoms with Crippen LogP contribution >= 0.6 is 11.3 Å². The Kier molecular flexibility index (Phi) is 3.39. The third kappa shape index (κ3) is 2.19. The van der Waals surface area contributed by atoms with E-state index in [1.54, 1.807) is 16.0 Å². The highest BCUT2D eigenvalue weighted by atomic mass is 32.1. The van der Waals surface area contributed by atoms with E-state index in [9.17, 15) is 0 Å². The van der Waals surface area contributed by atoms with Crippen LogP contribution in [0.3, 0.4) is 0 Å². The Morgan fingerprint density at radius 1 is 1.04 bits per heavy atom. The van der Waals surface area contributed by atoms with Crippen molar-refractivity contribution < 1.29 is 0 Å². The van der Waals surface area contributed by atoms with E-state index in [1.807, 2.05) is 11.3 Å². The first-order valence-corrected chi connectivity index (χ1v) is 9.74. The molecule has 2 aromatic heterocycles. The van der Waals surface area contributed by atoms with Crippen molar-refractivity contribution in [2.45, 2.75) is 45.2 Å². The number of benzene rings is 1. The van der Waals surface area contributed by atoms with Crippen molar-refractivity contribution in [2.75, 3.05) is 0 Å². The second kappa shape index (κ2) is 5.61. The highest BCUT2D eigenvalue weighted by molar-refractivity contribution is 7.15. The molecule has 1 atom stereocenters. The lowest BCUT2D eigenvalue weighted by molar-refractivity contribution is 0.595. The summed E-state index contributed by atoms with van der Waals surface area (Å²) < 4.78 is 2.43. The van der Waals surface area contributed by atoms with E-state index < -0.39 is 0 Å². The molecule has 5 rings (SSSR count). The maximum atomic E-state index is 3.84. The maximum Gasteiger partial charge on any atom is 0.104 e. The molecule has 1 aromatic carbocycles. The van der Waals surface area contributed by atoms with Crippen LogP contribution in [0.25, 0.3) is 5.00 Å². The second-order valence-electron chi connectivity index (χ2n) is 7.02. The minimum atomic E-state index is 0.263. The van der Waals surface area contributed by atoms with Gasteiger partial charge in [-0.15, -0.1) is 11.3 Å². The van der Waals surface area contributed by atoms with E-state index >= 15 is 0 Å². The van der Waals surface area contributed by atoms with Crippen molar-refractivity contribution in [2.24, 2.45) is 0 Å². The maximum absolute atomic E-state index is 3.84. The van der Waals surface area contributed by atoms with Crippen molar-refractivity contribution in [3.8, 4) is 5.00 Å². The SMILES string of the molecule is Cc1ccc(C2NCc3c(sc4c3CCCC4)-n3cccc32)cc1. The molecule has 0 spiro atoms. The highest BCUT2D eigenvalue weighted by Crippen LogP contribution is 2.40. The number of nitrogens with one attached hydrogen (secondary N) is 1. The lowest BCUT2D eigenvalue weighted by atomic mass is 9.95. The van der Waals surface area contributed by atoms with Gasteiger partial charge in [0.25, 0.3) is 0 Å². The number of nitrogens with zero attached hydrogens (tertiary/aromatic N) is 1. The predicted molar refractivity (Wildman–Crippen MR) is 100 cm³/mol. The van der Waals surface area contributed by atoms with Crippen molar-refractivity contribution >= 4 is 11.3 Å². The number of rotatable bonds is 1. The van der Waals surface area contributed by atoms with Crippen molar-refractivity contribution in [1.82, 2.24) is 9.88 Å². The van der Waals surface area contributed by atoms with E-state index in [0.29, 0.717) is 0 Å². The topological polar surface area (TPSA) is 17.0 Å². The zero-order chi connectivity index (χ0) is 16.1. The summed E-state index contributed by atoms with van der Waals surface area (Å²) in [4.78, 5) is 1.63. The van der Waals surface area contributed by atoms with Crippen molar-refractivity contribution in [3.63, 3.8) is 0 Å². The van der Waals surface area contributed by atoms with E-state index in [4.69, 9.17) is 0 Å². The molecule has 0 fully saturated rings. The normalized spacial score (nSPS) is 19.3. The molecule has 2 aliphatic rings. The molecule has 24 heavy (non-hydrogen) atoms. The van der Waals surface area contributed by atoms with Gasteiger partial charge in [0.05, 0.1) is 6.04 Å². The zero-order valence-corrected chi connectivity index (χ0v) is 14.8. The number of hydrogen-bond acceptors (Lipinski definition) is 2. The van der Waals surface area contributed by atoms with Gasteiger partial charge >= 0.3 is 0 Å². The van der Waals surface area contributed by atoms with Gasteiger partial charge in [-0.05, 0) is 55.9 Å². The largest absolute Gasteiger partial charge is 0.310 e. The average Bonchev–Trinajstić information content (AvgIpc) is 3.18. The summed E-state index contributed by atoms with van der Waals surface area (Å²) in [5, 5.41) is 5.29. The lowest BCUT2D eigenvalue weighted by Gasteiger charge is -2.19. The second-order valence-corrected chi connectivity index (χ2v) is 8.11. The lowest BCUT2D eigenvalue weighted by Crippen LogP contribution is -2.21. The molecule has 0 saturated carbocycles. The Morgan fingerprint density at radius 2 is 1.88 bits per heavy atom. The molecule has 122 valence electrons. The Labute approximate surface area is 147 Å². The highest BCUT2D eigenvalue weighted by Gasteiger charge is 2.28. The molecule has 3 aromatic rings. The Bertz CT molecular complexity index is 885. The van der Waals surface area contributed by atoms with Gasteiger partial charge in [-0.3, -0.25) is 0 Å². The van der Waals surface area contributed by atoms with E-state index in [1.165, 1.54) is 47.5 Å². The van der Waals surface area contributed by atoms with Crippen LogP contribution in [0, 0.1) is 6.92 Å². The van der Waals surface area contributed by atoms with Crippen LogP contribution in [0.4, 0.5) is 0 Å². The summed E-state index contributed by atoms with van der Waals surface area (Å²) in [6, 6.07) is 13.7. The summed E-state index contributed by atoms with van der Waals surface area (Å²) in [6.45, 7) is 3.12. The molecule has 0 bridgehead atoms. The molecular formula is C21H22N2S. The van der Waals surface area contributed by atoms with Crippen LogP contribution in [0.2, 0.25) is 0 Å². The van der Waals surface area contributed by atoms with Crippen LogP contribution in [0.1, 0.15) is 51.7 Å². The molecule has 0 amide bonds. The van der Waals surface area contributed by atoms with Gasteiger partial charge in [0.1, 0.15) is 5.00 Å². The molecule has 1 N–H and O–H groups in total. The standard InChI is InChI=1S/C21H22N2S/c1-14-8-10-15(11-9-14)20-18-6-4-12-23(18)21-17(13-22-20)16-5-2-3-7-19(16)24-21/h4,6,8-12,20,22H,2-3,5,7,13H2,1H3. The van der Waals surface area contributed by atoms with Crippen molar-refractivity contribution in [1.29, 1.82) is 0 Å². The van der Waals surface area contributed by atoms with Gasteiger partial charge < -0.3 is 9.88 Å². The van der Waals surface area contributed by atoms with Gasteiger partial charge in [0.15, 0.2) is 0 Å². The molecule has 2 nitrogen and oxygen atoms in total. The fourth-order valence-corrected chi connectivity index (χ4v) is 5.58. The molecule has 1 aliphatic heterocycles. The number of aromatic nitrogens is 1. The monoisotopic (exact) mass is 334 g/mol. The van der Waals surface area contributed by atoms with Gasteiger partial charge in [-0.2, -0.15) is 0 Å². The van der Waals surface area contributed by atoms with Gasteiger partial charge in [0, 0.05) is 28.9 Å². The fraction of sp³-hybridized carbons (Fsp3) is 0.333. The third-order valence-corrected chi connectivity index (χ3v) is 6.78. The van der Waals surface area contributed by atoms with Crippen LogP contribution in [-0.2, 0) is 19.4 Å². The summed E-state index contributed by atoms with van der Waals surface area (Å²) in [6.07, 6.45) is 7.46. The predicted octanol–water partition coefficient (Wildman–Crippen LogP) is 4.92. The zero-order valence-electron chi connectivity index (χ0n) is 14.0. The summed E-state index contributed by atoms with van der Waals surface area (Å²) in [7, 11) is 0. The Balaban J connectivity index is 1.64. The molecule has 3 heteroatoms. The van der Waals surface area contributed by atoms with E-state index in [2.05, 4.69) is 59.4 Å². The number of aryl methyl sites for hydroxylation is 2. The van der Waals surface area contributed by atoms with Gasteiger partial charge in [-0.1, -0.05) is 29.8 Å². The summed E-state index contributed by atoms with van der Waals surface area (Å²) >= 11 is 2.02. The van der Waals surface area contributed by atoms with Crippen molar-refractivity contribution in [3.05, 3.63) is 75.4 Å². The average molecular weight is 334 g/mol. The van der Waals surface area contributed by atoms with E-state index in [0.717, 1.165) is 6.54 Å². The minimum absolute atomic E-state index is 0.263. The molecule has 0 radical (unpaired) electrons. The number of fused-ring (bicyclic) bond motifs is 5. The molecule has 1 aliphatic carbocycles. The van der Waals surface area contributed by atoms with E-state index in [-0.39, 0.29) is 6.04 Å². The van der Waals surface area contributed by atoms with Crippen LogP contribution in [0.5, 0.6) is 0 Å². The molecular weight excluding hydrogens is 312 g/mol. The molecule has 3 heterocycles. The minimum Gasteiger partial charge on any atom is -0.310 e. The first kappa shape index (κ1) is 14.5. The number of hydrogen-bond donors (Lipinski definition) is 1. The van der Waals surface area contributed by atoms with Crippen LogP contribution < -0.4 is 5.32 Å². The fourth-order valence-electron chi connectivity index (χ4n) is 4.16. The Hall–Kier alpha value is -1.84. The third-order valence-electron chi connectivity index (χ3n) is 5.45. The number of thiophene rings is 1. The Morgan fingerprint density at radius 3 is 2.75 bits per heavy atom. The van der Waals surface area contributed by atoms with Gasteiger partial charge in [-0.25, -0.2) is 0 Å². The smallest absolute Gasteiger partial charge is 0.104 e. The van der Waals surface area contributed by atoms with Gasteiger partial charge in [0.2, 0.25) is 0 Å². The summed E-state index contributed by atoms with van der Waals surface area (Å²) in [5.41, 5.74) is 7.21. The molecule has 1 unspecified atom stereocenters. The quantitative estimate of drug-likeness (QED) is 0.668. The van der Waals surface area contributed by atoms with Crippen LogP contribution in [0.15, 0.2) is 42.6 Å². The molecule has 0 saturated heterocycles.